The van der Waals surface area contributed by atoms with Crippen LogP contribution in [0.1, 0.15) is 135 Å². The Bertz CT molecular complexity index is 3600. The van der Waals surface area contributed by atoms with Gasteiger partial charge in [-0.3, -0.25) is 33.0 Å². The monoisotopic (exact) mass is 2080 g/mol. The lowest BCUT2D eigenvalue weighted by Gasteiger charge is -2.29. The van der Waals surface area contributed by atoms with E-state index in [1.54, 1.807) is 132 Å². The molecule has 11 aliphatic heterocycles. The predicted octanol–water partition coefficient (Wildman–Crippen LogP) is 15.6. The summed E-state index contributed by atoms with van der Waals surface area (Å²) in [7, 11) is 14.8. The summed E-state index contributed by atoms with van der Waals surface area (Å²) in [5.74, 6) is 10.3. The number of sulfone groups is 1. The molecule has 24 nitrogen and oxygen atoms in total. The van der Waals surface area contributed by atoms with Crippen LogP contribution in [0, 0.1) is 30.6 Å². The number of ketones is 3. The fourth-order valence-electron chi connectivity index (χ4n) is 9.74. The zero-order valence-corrected chi connectivity index (χ0v) is 85.2. The molecule has 0 bridgehead atoms. The van der Waals surface area contributed by atoms with Crippen molar-refractivity contribution in [1.29, 1.82) is 0 Å². The summed E-state index contributed by atoms with van der Waals surface area (Å²) in [6.07, 6.45) is 12.8. The summed E-state index contributed by atoms with van der Waals surface area (Å²) in [6.45, 7) is 10.6. The minimum atomic E-state index is -4.10. The van der Waals surface area contributed by atoms with E-state index in [0.717, 1.165) is 150 Å². The number of hydrogen-bond acceptors (Lipinski definition) is 38. The molecule has 2 aromatic rings. The average Bonchev–Trinajstić information content (AvgIpc) is 1.04. The number of aliphatic carboxylic acids is 4. The maximum atomic E-state index is 12.8. The maximum absolute atomic E-state index is 12.8. The second-order valence-corrected chi connectivity index (χ2v) is 62.4. The Balaban J connectivity index is 0.000000350. The largest absolute Gasteiger partial charge is 0.481 e. The molecule has 678 valence electrons. The third-order valence-corrected chi connectivity index (χ3v) is 52.2. The molecular weight excluding hydrogens is 1970 g/mol. The summed E-state index contributed by atoms with van der Waals surface area (Å²) in [5, 5.41) is 69.7. The molecule has 0 radical (unpaired) electrons. The molecule has 8 N–H and O–H groups in total. The number of rotatable bonds is 19. The Morgan fingerprint density at radius 3 is 1.42 bits per heavy atom. The van der Waals surface area contributed by atoms with E-state index in [1.165, 1.54) is 109 Å². The van der Waals surface area contributed by atoms with Crippen LogP contribution in [0.5, 0.6) is 0 Å². The highest BCUT2D eigenvalue weighted by Gasteiger charge is 2.40. The van der Waals surface area contributed by atoms with Crippen molar-refractivity contribution in [1.82, 2.24) is 0 Å². The second kappa shape index (κ2) is 62.8. The van der Waals surface area contributed by atoms with Gasteiger partial charge in [0.15, 0.2) is 9.84 Å². The Labute approximate surface area is 773 Å². The normalized spacial score (nSPS) is 27.0. The fourth-order valence-corrected chi connectivity index (χ4v) is 43.4. The molecule has 0 aromatic heterocycles. The Hall–Kier alpha value is 1.58. The van der Waals surface area contributed by atoms with Crippen molar-refractivity contribution in [2.24, 2.45) is 16.7 Å². The molecule has 13 rings (SSSR count). The molecule has 11 heterocycles. The average molecular weight is 2090 g/mol. The SMILES string of the molecule is C1CSSC1.CC(=O)C1CC(C(=O)O)SS1.CC(=O)C1CCSS1.CC(=O)CCCCC1CCSS1.CC1(C(=O)O)CSSC1.Cc1ccc(S(=O)(=O)CC2CSS(=O)CC2OS(=O)(=O)c2ccc(C)cc2)cc1.O=C(O)C1CCC(C(=O)O)SS1.O=S1(=O)CCCCS1.O=S1CCCCS1.OC1CCSCC1O.OCC1(CO)CSSC1. The van der Waals surface area contributed by atoms with Crippen LogP contribution in [0.25, 0.3) is 0 Å². The molecule has 0 amide bonds. The van der Waals surface area contributed by atoms with Crippen molar-refractivity contribution in [3.05, 3.63) is 59.7 Å². The lowest BCUT2D eigenvalue weighted by molar-refractivity contribution is -0.145. The first-order valence-electron chi connectivity index (χ1n) is 37.5. The summed E-state index contributed by atoms with van der Waals surface area (Å²) in [4.78, 5) is 74.0. The number of hydrogen-bond donors (Lipinski definition) is 8. The number of aryl methyl sites for hydroxylation is 2. The predicted molar refractivity (Wildman–Crippen MR) is 521 cm³/mol. The topological polar surface area (TPSA) is 427 Å². The molecule has 12 atom stereocenters. The highest BCUT2D eigenvalue weighted by molar-refractivity contribution is 8.79. The third kappa shape index (κ3) is 49.0. The second-order valence-electron chi connectivity index (χ2n) is 27.9. The molecule has 0 spiro atoms. The van der Waals surface area contributed by atoms with Crippen molar-refractivity contribution in [2.75, 3.05) is 111 Å². The van der Waals surface area contributed by atoms with Crippen LogP contribution >= 0.6 is 195 Å². The van der Waals surface area contributed by atoms with Gasteiger partial charge in [0.05, 0.1) is 94.2 Å². The van der Waals surface area contributed by atoms with Crippen molar-refractivity contribution in [3.8, 4) is 0 Å². The van der Waals surface area contributed by atoms with Gasteiger partial charge < -0.3 is 45.6 Å². The number of unbranched alkanes of at least 4 members (excludes halogenated alkanes) is 1. The third-order valence-electron chi connectivity index (χ3n) is 17.4. The number of carboxylic acids is 4. The van der Waals surface area contributed by atoms with Gasteiger partial charge in [0, 0.05) is 97.8 Å². The summed E-state index contributed by atoms with van der Waals surface area (Å²) < 4.78 is 100. The number of benzene rings is 2. The Morgan fingerprint density at radius 2 is 1.07 bits per heavy atom. The Morgan fingerprint density at radius 1 is 0.534 bits per heavy atom. The van der Waals surface area contributed by atoms with E-state index in [1.807, 2.05) is 57.0 Å². The smallest absolute Gasteiger partial charge is 0.317 e. The summed E-state index contributed by atoms with van der Waals surface area (Å²) in [6, 6.07) is 12.7. The van der Waals surface area contributed by atoms with Crippen LogP contribution < -0.4 is 0 Å². The molecule has 12 unspecified atom stereocenters. The summed E-state index contributed by atoms with van der Waals surface area (Å²) >= 11 is 1.70. The number of aliphatic hydroxyl groups is 4. The first-order valence-corrected chi connectivity index (χ1v) is 67.3. The number of carbonyl (C=O) groups excluding carboxylic acids is 3. The van der Waals surface area contributed by atoms with Crippen molar-refractivity contribution in [3.63, 3.8) is 0 Å². The molecule has 47 heteroatoms. The number of thioether (sulfide) groups is 1. The van der Waals surface area contributed by atoms with Gasteiger partial charge in [-0.15, -0.1) is 0 Å². The molecule has 11 saturated heterocycles. The van der Waals surface area contributed by atoms with Crippen LogP contribution in [-0.2, 0) is 86.2 Å². The first-order chi connectivity index (χ1) is 55.8. The number of Topliss-reactive ketones (excluding diaryl/α,β-unsaturated/α-hetero) is 3. The molecule has 11 aliphatic rings. The van der Waals surface area contributed by atoms with Crippen LogP contribution in [0.3, 0.4) is 0 Å². The van der Waals surface area contributed by atoms with Gasteiger partial charge in [-0.1, -0.05) is 215 Å². The van der Waals surface area contributed by atoms with Gasteiger partial charge in [0.25, 0.3) is 10.1 Å². The van der Waals surface area contributed by atoms with E-state index in [9.17, 15) is 67.2 Å². The van der Waals surface area contributed by atoms with E-state index >= 15 is 0 Å². The van der Waals surface area contributed by atoms with E-state index in [4.69, 9.17) is 45.0 Å². The van der Waals surface area contributed by atoms with E-state index < -0.39 is 118 Å². The molecular formula is C71H112O24S23. The zero-order valence-electron chi connectivity index (χ0n) is 66.4. The molecule has 118 heavy (non-hydrogen) atoms. The lowest BCUT2D eigenvalue weighted by Crippen LogP contribution is -2.40. The Kier molecular flexibility index (Phi) is 60.5. The van der Waals surface area contributed by atoms with Gasteiger partial charge in [-0.2, -0.15) is 20.2 Å². The van der Waals surface area contributed by atoms with Crippen molar-refractivity contribution >= 4 is 285 Å². The van der Waals surface area contributed by atoms with E-state index in [0.29, 0.717) is 47.6 Å². The van der Waals surface area contributed by atoms with Crippen LogP contribution in [0.4, 0.5) is 0 Å². The molecule has 2 aromatic carbocycles. The van der Waals surface area contributed by atoms with Crippen molar-refractivity contribution < 1.29 is 112 Å². The van der Waals surface area contributed by atoms with Gasteiger partial charge in [0.1, 0.15) is 33.1 Å². The van der Waals surface area contributed by atoms with Crippen LogP contribution in [0.15, 0.2) is 58.3 Å². The highest BCUT2D eigenvalue weighted by atomic mass is 33.1. The highest BCUT2D eigenvalue weighted by Crippen LogP contribution is 2.46. The first kappa shape index (κ1) is 114. The van der Waals surface area contributed by atoms with E-state index in [2.05, 4.69) is 0 Å². The van der Waals surface area contributed by atoms with Crippen molar-refractivity contribution in [2.45, 2.75) is 197 Å². The molecule has 11 fully saturated rings. The fraction of sp³-hybridized carbons (Fsp3) is 0.732. The quantitative estimate of drug-likeness (QED) is 0.0368. The van der Waals surface area contributed by atoms with Gasteiger partial charge >= 0.3 is 23.9 Å². The van der Waals surface area contributed by atoms with Crippen LogP contribution in [0.2, 0.25) is 0 Å². The van der Waals surface area contributed by atoms with Gasteiger partial charge in [-0.05, 0) is 166 Å². The standard InChI is InChI=1S/C19H22O6S4.C9H16OS2.C6H8O4S2.C6H8O3S2.C5H8O2S2.C5H10O2S2.C5H10O2S.C5H8OS2.C4H8O2S2.C4H8OS2.C3H6S2/c1-14-3-7-17(8-4-14)28(21,22)13-16-11-26-27(20)12-19(16)25-29(23,24)18-9-5-15(2)6-10-18;1-8(10)4-2-3-5-9-6-7-11-12-9;7-5(8)3-1-2-4(6(9)10)12-11-3;1-3(7)4-2-5(6(8)9)11-10-4;1-5(4(6)7)2-8-9-3-5;6-1-5(2-7)3-8-9-4-5;6-4-1-2-8-3-5(4)7;1-4(6)5-2-3-7-8-5;5-8(6)4-2-1-3-7-8;5-7-4-2-1-3-6-7;1-2-4-5-3-1/h3-10,16,19H,11-13H2,1-2H3;9H,2-7H2,1H3;3-4H,1-2H2,(H,7,8)(H,9,10);4-5H,2H2,1H3,(H,8,9);2-3H2,1H3,(H,6,7);6-7H,1-4H2;4-7H,1-3H2;5H,2-3H2,1H3;1-4H2;1-4H2;1-3H2. The van der Waals surface area contributed by atoms with Gasteiger partial charge in [0.2, 0.25) is 8.87 Å². The summed E-state index contributed by atoms with van der Waals surface area (Å²) in [5.41, 5.74) is 1.20. The van der Waals surface area contributed by atoms with Crippen LogP contribution in [-0.4, -0.2) is 277 Å². The number of carbonyl (C=O) groups is 7. The number of aliphatic hydroxyl groups excluding tert-OH is 4. The zero-order chi connectivity index (χ0) is 87.9. The maximum Gasteiger partial charge on any atom is 0.317 e. The van der Waals surface area contributed by atoms with Gasteiger partial charge in [-0.25, -0.2) is 25.3 Å². The minimum Gasteiger partial charge on any atom is -0.481 e. The molecule has 0 aliphatic carbocycles. The number of carboxylic acid groups (broad SMARTS) is 4. The minimum absolute atomic E-state index is 0.00718. The van der Waals surface area contributed by atoms with E-state index in [-0.39, 0.29) is 56.7 Å². The lowest BCUT2D eigenvalue weighted by atomic mass is 9.96. The molecule has 0 saturated carbocycles.